The highest BCUT2D eigenvalue weighted by atomic mass is 16.3. The molecule has 1 amide bonds. The maximum atomic E-state index is 12.8. The molecule has 3 heterocycles. The third kappa shape index (κ3) is 4.38. The van der Waals surface area contributed by atoms with E-state index in [4.69, 9.17) is 0 Å². The second kappa shape index (κ2) is 8.51. The Bertz CT molecular complexity index is 735. The van der Waals surface area contributed by atoms with Crippen molar-refractivity contribution in [3.05, 3.63) is 29.8 Å². The molecule has 166 valence electrons. The lowest BCUT2D eigenvalue weighted by atomic mass is 9.72. The number of rotatable bonds is 6. The van der Waals surface area contributed by atoms with E-state index in [2.05, 4.69) is 54.8 Å². The highest BCUT2D eigenvalue weighted by Crippen LogP contribution is 2.43. The molecule has 1 aromatic rings. The van der Waals surface area contributed by atoms with Gasteiger partial charge in [-0.2, -0.15) is 0 Å². The number of likely N-dealkylation sites (tertiary alicyclic amines) is 2. The molecule has 3 aliphatic heterocycles. The summed E-state index contributed by atoms with van der Waals surface area (Å²) in [6.07, 6.45) is 3.90. The van der Waals surface area contributed by atoms with Crippen molar-refractivity contribution < 1.29 is 9.90 Å². The van der Waals surface area contributed by atoms with Crippen LogP contribution in [0.1, 0.15) is 64.4 Å². The van der Waals surface area contributed by atoms with Gasteiger partial charge in [0.1, 0.15) is 0 Å². The Hall–Kier alpha value is -1.59. The summed E-state index contributed by atoms with van der Waals surface area (Å²) in [6, 6.07) is 9.02. The monoisotopic (exact) mass is 413 g/mol. The average Bonchev–Trinajstić information content (AvgIpc) is 2.87. The van der Waals surface area contributed by atoms with Crippen molar-refractivity contribution in [3.8, 4) is 0 Å². The van der Waals surface area contributed by atoms with E-state index in [0.717, 1.165) is 58.7 Å². The number of aliphatic hydroxyl groups is 1. The first-order valence-electron chi connectivity index (χ1n) is 11.9. The maximum absolute atomic E-state index is 12.8. The number of anilines is 1. The zero-order valence-corrected chi connectivity index (χ0v) is 19.1. The summed E-state index contributed by atoms with van der Waals surface area (Å²) in [5, 5.41) is 11.0. The van der Waals surface area contributed by atoms with Crippen molar-refractivity contribution in [1.29, 1.82) is 0 Å². The molecule has 0 radical (unpaired) electrons. The van der Waals surface area contributed by atoms with Gasteiger partial charge >= 0.3 is 0 Å². The molecule has 5 heteroatoms. The molecule has 4 rings (SSSR count). The molecule has 2 unspecified atom stereocenters. The summed E-state index contributed by atoms with van der Waals surface area (Å²) in [7, 11) is 0. The maximum Gasteiger partial charge on any atom is 0.225 e. The molecule has 1 N–H and O–H groups in total. The van der Waals surface area contributed by atoms with Crippen LogP contribution < -0.4 is 4.90 Å². The molecule has 1 aromatic carbocycles. The number of carbonyl (C=O) groups is 1. The van der Waals surface area contributed by atoms with Crippen molar-refractivity contribution in [2.24, 2.45) is 5.41 Å². The van der Waals surface area contributed by atoms with Crippen LogP contribution in [-0.4, -0.2) is 72.2 Å². The molecule has 0 aliphatic carbocycles. The highest BCUT2D eigenvalue weighted by Gasteiger charge is 2.53. The first-order chi connectivity index (χ1) is 14.4. The Morgan fingerprint density at radius 3 is 2.40 bits per heavy atom. The molecule has 1 spiro atoms. The van der Waals surface area contributed by atoms with E-state index in [9.17, 15) is 9.90 Å². The number of benzene rings is 1. The first kappa shape index (κ1) is 21.6. The normalized spacial score (nSPS) is 27.3. The summed E-state index contributed by atoms with van der Waals surface area (Å²) in [5.41, 5.74) is 2.17. The van der Waals surface area contributed by atoms with E-state index >= 15 is 0 Å². The third-order valence-electron chi connectivity index (χ3n) is 7.83. The number of hydrogen-bond acceptors (Lipinski definition) is 4. The fraction of sp³-hybridized carbons (Fsp3) is 0.720. The third-order valence-corrected chi connectivity index (χ3v) is 7.83. The Morgan fingerprint density at radius 1 is 1.07 bits per heavy atom. The minimum absolute atomic E-state index is 0.143. The quantitative estimate of drug-likeness (QED) is 0.776. The van der Waals surface area contributed by atoms with Gasteiger partial charge in [-0.1, -0.05) is 32.9 Å². The van der Waals surface area contributed by atoms with Crippen LogP contribution in [-0.2, 0) is 4.79 Å². The van der Waals surface area contributed by atoms with E-state index in [1.54, 1.807) is 0 Å². The van der Waals surface area contributed by atoms with Crippen molar-refractivity contribution in [3.63, 3.8) is 0 Å². The molecule has 0 saturated carbocycles. The van der Waals surface area contributed by atoms with Crippen molar-refractivity contribution in [1.82, 2.24) is 9.80 Å². The number of amides is 1. The SMILES string of the molecule is CCC(C)c1ccc(N2CC3(CN(C(=O)CC4(O)CCCN(CC)CC4)C3)C2)cc1. The lowest BCUT2D eigenvalue weighted by Crippen LogP contribution is -2.73. The van der Waals surface area contributed by atoms with Crippen LogP contribution in [0, 0.1) is 5.41 Å². The van der Waals surface area contributed by atoms with Crippen LogP contribution in [0.5, 0.6) is 0 Å². The van der Waals surface area contributed by atoms with Gasteiger partial charge in [-0.05, 0) is 62.4 Å². The minimum atomic E-state index is -0.813. The highest BCUT2D eigenvalue weighted by molar-refractivity contribution is 5.78. The van der Waals surface area contributed by atoms with Crippen LogP contribution in [0.3, 0.4) is 0 Å². The molecule has 30 heavy (non-hydrogen) atoms. The Kier molecular flexibility index (Phi) is 6.13. The van der Waals surface area contributed by atoms with Crippen LogP contribution in [0.4, 0.5) is 5.69 Å². The molecule has 5 nitrogen and oxygen atoms in total. The molecule has 0 bridgehead atoms. The van der Waals surface area contributed by atoms with Crippen LogP contribution >= 0.6 is 0 Å². The topological polar surface area (TPSA) is 47.0 Å². The number of carbonyl (C=O) groups excluding carboxylic acids is 1. The molecular weight excluding hydrogens is 374 g/mol. The Morgan fingerprint density at radius 2 is 1.77 bits per heavy atom. The van der Waals surface area contributed by atoms with Crippen LogP contribution in [0.15, 0.2) is 24.3 Å². The summed E-state index contributed by atoms with van der Waals surface area (Å²) in [6.45, 7) is 13.4. The van der Waals surface area contributed by atoms with Gasteiger partial charge in [0.05, 0.1) is 12.0 Å². The fourth-order valence-corrected chi connectivity index (χ4v) is 5.46. The molecule has 2 atom stereocenters. The molecular formula is C25H39N3O2. The van der Waals surface area contributed by atoms with E-state index in [-0.39, 0.29) is 11.3 Å². The van der Waals surface area contributed by atoms with Gasteiger partial charge in [0.2, 0.25) is 5.91 Å². The van der Waals surface area contributed by atoms with Crippen LogP contribution in [0.2, 0.25) is 0 Å². The summed E-state index contributed by atoms with van der Waals surface area (Å²) in [5.74, 6) is 0.755. The minimum Gasteiger partial charge on any atom is -0.389 e. The van der Waals surface area contributed by atoms with Gasteiger partial charge in [-0.25, -0.2) is 0 Å². The van der Waals surface area contributed by atoms with Crippen molar-refractivity contribution >= 4 is 11.6 Å². The predicted octanol–water partition coefficient (Wildman–Crippen LogP) is 3.48. The Labute approximate surface area is 182 Å². The molecule has 3 aliphatic rings. The van der Waals surface area contributed by atoms with E-state index in [1.165, 1.54) is 17.7 Å². The van der Waals surface area contributed by atoms with Gasteiger partial charge in [0.25, 0.3) is 0 Å². The van der Waals surface area contributed by atoms with E-state index in [1.807, 2.05) is 4.90 Å². The fourth-order valence-electron chi connectivity index (χ4n) is 5.46. The molecule has 0 aromatic heterocycles. The number of hydrogen-bond donors (Lipinski definition) is 1. The lowest BCUT2D eigenvalue weighted by Gasteiger charge is -2.61. The second-order valence-electron chi connectivity index (χ2n) is 10.2. The Balaban J connectivity index is 1.24. The molecule has 3 fully saturated rings. The van der Waals surface area contributed by atoms with Gasteiger partial charge in [0, 0.05) is 43.8 Å². The van der Waals surface area contributed by atoms with Crippen LogP contribution in [0.25, 0.3) is 0 Å². The second-order valence-corrected chi connectivity index (χ2v) is 10.2. The number of nitrogens with zero attached hydrogens (tertiary/aromatic N) is 3. The zero-order valence-electron chi connectivity index (χ0n) is 19.1. The average molecular weight is 414 g/mol. The predicted molar refractivity (Wildman–Crippen MR) is 122 cm³/mol. The lowest BCUT2D eigenvalue weighted by molar-refractivity contribution is -0.150. The van der Waals surface area contributed by atoms with E-state index in [0.29, 0.717) is 18.8 Å². The van der Waals surface area contributed by atoms with Gasteiger partial charge in [-0.15, -0.1) is 0 Å². The standard InChI is InChI=1S/C25H39N3O2/c1-4-20(3)21-7-9-22(10-8-21)27-16-24(17-27)18-28(19-24)23(29)15-25(30)11-6-13-26(5-2)14-12-25/h7-10,20,30H,4-6,11-19H2,1-3H3. The summed E-state index contributed by atoms with van der Waals surface area (Å²) in [4.78, 5) is 19.6. The van der Waals surface area contributed by atoms with Gasteiger partial charge < -0.3 is 19.8 Å². The van der Waals surface area contributed by atoms with Crippen molar-refractivity contribution in [2.45, 2.75) is 64.4 Å². The largest absolute Gasteiger partial charge is 0.389 e. The smallest absolute Gasteiger partial charge is 0.225 e. The van der Waals surface area contributed by atoms with E-state index < -0.39 is 5.60 Å². The van der Waals surface area contributed by atoms with Gasteiger partial charge in [-0.3, -0.25) is 4.79 Å². The summed E-state index contributed by atoms with van der Waals surface area (Å²) < 4.78 is 0. The zero-order chi connectivity index (χ0) is 21.4. The summed E-state index contributed by atoms with van der Waals surface area (Å²) >= 11 is 0. The molecule has 3 saturated heterocycles. The van der Waals surface area contributed by atoms with Crippen molar-refractivity contribution in [2.75, 3.05) is 50.7 Å². The van der Waals surface area contributed by atoms with Gasteiger partial charge in [0.15, 0.2) is 0 Å². The first-order valence-corrected chi connectivity index (χ1v) is 11.9.